The highest BCUT2D eigenvalue weighted by molar-refractivity contribution is 5.85. The van der Waals surface area contributed by atoms with Crippen molar-refractivity contribution in [3.63, 3.8) is 0 Å². The molecule has 0 aliphatic rings. The number of hydrazone groups is 1. The number of nitrogens with zero attached hydrogens (tertiary/aromatic N) is 1. The Morgan fingerprint density at radius 1 is 1.17 bits per heavy atom. The van der Waals surface area contributed by atoms with Gasteiger partial charge in [0.05, 0.1) is 13.3 Å². The van der Waals surface area contributed by atoms with Gasteiger partial charge in [-0.1, -0.05) is 37.6 Å². The van der Waals surface area contributed by atoms with E-state index in [4.69, 9.17) is 9.47 Å². The van der Waals surface area contributed by atoms with Crippen LogP contribution in [0.15, 0.2) is 53.6 Å². The van der Waals surface area contributed by atoms with Gasteiger partial charge in [0.25, 0.3) is 5.91 Å². The smallest absolute Gasteiger partial charge is 0.277 e. The van der Waals surface area contributed by atoms with Crippen LogP contribution in [0.25, 0.3) is 0 Å². The van der Waals surface area contributed by atoms with Crippen LogP contribution in [0.2, 0.25) is 0 Å². The maximum atomic E-state index is 11.7. The molecule has 0 fully saturated rings. The lowest BCUT2D eigenvalue weighted by atomic mass is 10.1. The highest BCUT2D eigenvalue weighted by Gasteiger charge is 2.02. The predicted molar refractivity (Wildman–Crippen MR) is 94.7 cm³/mol. The molecule has 1 N–H and O–H groups in total. The summed E-state index contributed by atoms with van der Waals surface area (Å²) in [5, 5.41) is 3.92. The number of hydrogen-bond donors (Lipinski definition) is 1. The Morgan fingerprint density at radius 2 is 1.92 bits per heavy atom. The first-order valence-electron chi connectivity index (χ1n) is 7.89. The molecular formula is C19H22N2O3. The highest BCUT2D eigenvalue weighted by Crippen LogP contribution is 2.14. The minimum atomic E-state index is -0.321. The molecule has 2 rings (SSSR count). The summed E-state index contributed by atoms with van der Waals surface area (Å²) >= 11 is 0. The number of aryl methyl sites for hydroxylation is 1. The monoisotopic (exact) mass is 326 g/mol. The number of ether oxygens (including phenoxy) is 2. The van der Waals surface area contributed by atoms with Gasteiger partial charge < -0.3 is 9.47 Å². The molecule has 5 heteroatoms. The molecule has 1 amide bonds. The summed E-state index contributed by atoms with van der Waals surface area (Å²) in [6.07, 6.45) is 3.68. The van der Waals surface area contributed by atoms with E-state index < -0.39 is 0 Å². The van der Waals surface area contributed by atoms with Gasteiger partial charge in [0.1, 0.15) is 11.5 Å². The van der Waals surface area contributed by atoms with Crippen LogP contribution < -0.4 is 14.9 Å². The number of rotatable bonds is 8. The van der Waals surface area contributed by atoms with E-state index in [1.165, 1.54) is 11.8 Å². The van der Waals surface area contributed by atoms with Gasteiger partial charge in [-0.2, -0.15) is 5.10 Å². The number of nitrogens with one attached hydrogen (secondary N) is 1. The van der Waals surface area contributed by atoms with Gasteiger partial charge in [0.2, 0.25) is 0 Å². The van der Waals surface area contributed by atoms with Gasteiger partial charge in [0, 0.05) is 5.56 Å². The summed E-state index contributed by atoms with van der Waals surface area (Å²) in [6.45, 7) is 2.05. The maximum Gasteiger partial charge on any atom is 0.277 e. The quantitative estimate of drug-likeness (QED) is 0.599. The summed E-state index contributed by atoms with van der Waals surface area (Å²) in [6, 6.07) is 15.2. The van der Waals surface area contributed by atoms with E-state index in [2.05, 4.69) is 17.5 Å². The topological polar surface area (TPSA) is 59.9 Å². The Morgan fingerprint density at radius 3 is 2.62 bits per heavy atom. The van der Waals surface area contributed by atoms with Crippen LogP contribution in [-0.4, -0.2) is 25.8 Å². The van der Waals surface area contributed by atoms with Crippen LogP contribution in [-0.2, 0) is 11.2 Å². The molecule has 0 spiro atoms. The molecule has 0 saturated carbocycles. The number of carbonyl (C=O) groups is 1. The van der Waals surface area contributed by atoms with E-state index in [9.17, 15) is 4.79 Å². The van der Waals surface area contributed by atoms with Crippen molar-refractivity contribution in [2.24, 2.45) is 5.10 Å². The molecule has 5 nitrogen and oxygen atoms in total. The molecular weight excluding hydrogens is 304 g/mol. The fraction of sp³-hybridized carbons (Fsp3) is 0.263. The minimum absolute atomic E-state index is 0.0869. The molecule has 24 heavy (non-hydrogen) atoms. The van der Waals surface area contributed by atoms with E-state index >= 15 is 0 Å². The number of hydrogen-bond acceptors (Lipinski definition) is 4. The molecule has 0 radical (unpaired) electrons. The first-order chi connectivity index (χ1) is 11.7. The first kappa shape index (κ1) is 17.5. The maximum absolute atomic E-state index is 11.7. The van der Waals surface area contributed by atoms with Gasteiger partial charge in [-0.25, -0.2) is 5.43 Å². The molecule has 0 unspecified atom stereocenters. The predicted octanol–water partition coefficient (Wildman–Crippen LogP) is 3.18. The molecule has 0 atom stereocenters. The third-order valence-electron chi connectivity index (χ3n) is 3.36. The van der Waals surface area contributed by atoms with Gasteiger partial charge in [-0.3, -0.25) is 4.79 Å². The number of benzene rings is 2. The second-order valence-corrected chi connectivity index (χ2v) is 5.22. The van der Waals surface area contributed by atoms with Gasteiger partial charge in [0.15, 0.2) is 6.61 Å². The fourth-order valence-corrected chi connectivity index (χ4v) is 2.17. The zero-order valence-corrected chi connectivity index (χ0v) is 14.0. The lowest BCUT2D eigenvalue weighted by Crippen LogP contribution is -2.24. The standard InChI is InChI=1S/C19H22N2O3/c1-3-6-15-9-11-17(12-10-15)24-14-19(22)21-20-13-16-7-4-5-8-18(16)23-2/h4-5,7-13H,3,6,14H2,1-2H3,(H,21,22)/b20-13+. The van der Waals surface area contributed by atoms with Crippen LogP contribution in [0.4, 0.5) is 0 Å². The molecule has 0 saturated heterocycles. The number of methoxy groups -OCH3 is 1. The van der Waals surface area contributed by atoms with Crippen LogP contribution in [0, 0.1) is 0 Å². The first-order valence-corrected chi connectivity index (χ1v) is 7.89. The van der Waals surface area contributed by atoms with Crippen molar-refractivity contribution in [2.75, 3.05) is 13.7 Å². The van der Waals surface area contributed by atoms with E-state index in [1.807, 2.05) is 48.5 Å². The van der Waals surface area contributed by atoms with Crippen LogP contribution in [0.1, 0.15) is 24.5 Å². The normalized spacial score (nSPS) is 10.6. The minimum Gasteiger partial charge on any atom is -0.496 e. The third kappa shape index (κ3) is 5.43. The molecule has 0 heterocycles. The zero-order chi connectivity index (χ0) is 17.2. The Bertz CT molecular complexity index is 681. The Hall–Kier alpha value is -2.82. The van der Waals surface area contributed by atoms with Crippen molar-refractivity contribution in [1.82, 2.24) is 5.43 Å². The number of carbonyl (C=O) groups excluding carboxylic acids is 1. The Kier molecular flexibility index (Phi) is 6.83. The van der Waals surface area contributed by atoms with Gasteiger partial charge in [-0.05, 0) is 36.2 Å². The SMILES string of the molecule is CCCc1ccc(OCC(=O)N/N=C/c2ccccc2OC)cc1. The van der Waals surface area contributed by atoms with E-state index in [1.54, 1.807) is 7.11 Å². The number of amides is 1. The van der Waals surface area contributed by atoms with Crippen molar-refractivity contribution >= 4 is 12.1 Å². The van der Waals surface area contributed by atoms with E-state index in [0.717, 1.165) is 18.4 Å². The molecule has 0 aliphatic carbocycles. The number of para-hydroxylation sites is 1. The van der Waals surface area contributed by atoms with Crippen molar-refractivity contribution in [2.45, 2.75) is 19.8 Å². The highest BCUT2D eigenvalue weighted by atomic mass is 16.5. The molecule has 0 aromatic heterocycles. The fourth-order valence-electron chi connectivity index (χ4n) is 2.17. The second kappa shape index (κ2) is 9.35. The molecule has 126 valence electrons. The average molecular weight is 326 g/mol. The van der Waals surface area contributed by atoms with E-state index in [0.29, 0.717) is 11.5 Å². The largest absolute Gasteiger partial charge is 0.496 e. The van der Waals surface area contributed by atoms with Crippen molar-refractivity contribution < 1.29 is 14.3 Å². The third-order valence-corrected chi connectivity index (χ3v) is 3.36. The van der Waals surface area contributed by atoms with E-state index in [-0.39, 0.29) is 12.5 Å². The van der Waals surface area contributed by atoms with Crippen LogP contribution in [0.3, 0.4) is 0 Å². The lowest BCUT2D eigenvalue weighted by Gasteiger charge is -2.06. The second-order valence-electron chi connectivity index (χ2n) is 5.22. The Balaban J connectivity index is 1.79. The molecule has 2 aromatic rings. The van der Waals surface area contributed by atoms with Crippen LogP contribution in [0.5, 0.6) is 11.5 Å². The average Bonchev–Trinajstić information content (AvgIpc) is 2.62. The summed E-state index contributed by atoms with van der Waals surface area (Å²) in [5.74, 6) is 1.04. The summed E-state index contributed by atoms with van der Waals surface area (Å²) in [5.41, 5.74) is 4.48. The Labute approximate surface area is 142 Å². The summed E-state index contributed by atoms with van der Waals surface area (Å²) in [4.78, 5) is 11.7. The summed E-state index contributed by atoms with van der Waals surface area (Å²) < 4.78 is 10.6. The lowest BCUT2D eigenvalue weighted by molar-refractivity contribution is -0.123. The van der Waals surface area contributed by atoms with Gasteiger partial charge in [-0.15, -0.1) is 0 Å². The van der Waals surface area contributed by atoms with Crippen molar-refractivity contribution in [3.8, 4) is 11.5 Å². The zero-order valence-electron chi connectivity index (χ0n) is 14.0. The van der Waals surface area contributed by atoms with Crippen molar-refractivity contribution in [3.05, 3.63) is 59.7 Å². The van der Waals surface area contributed by atoms with Crippen LogP contribution >= 0.6 is 0 Å². The summed E-state index contributed by atoms with van der Waals surface area (Å²) in [7, 11) is 1.59. The molecule has 0 aliphatic heterocycles. The van der Waals surface area contributed by atoms with Crippen molar-refractivity contribution in [1.29, 1.82) is 0 Å². The molecule has 0 bridgehead atoms. The molecule has 2 aromatic carbocycles. The van der Waals surface area contributed by atoms with Gasteiger partial charge >= 0.3 is 0 Å².